The number of ether oxygens (including phenoxy) is 2. The maximum atomic E-state index is 5.94. The first-order valence-electron chi connectivity index (χ1n) is 7.24. The molecule has 0 heterocycles. The van der Waals surface area contributed by atoms with Gasteiger partial charge in [0.1, 0.15) is 11.5 Å². The highest BCUT2D eigenvalue weighted by Crippen LogP contribution is 2.26. The van der Waals surface area contributed by atoms with E-state index in [1.165, 1.54) is 5.56 Å². The Hall–Kier alpha value is -1.22. The van der Waals surface area contributed by atoms with Crippen molar-refractivity contribution in [3.05, 3.63) is 23.8 Å². The van der Waals surface area contributed by atoms with E-state index < -0.39 is 0 Å². The molecule has 3 nitrogen and oxygen atoms in total. The molecule has 1 atom stereocenters. The number of benzene rings is 1. The minimum atomic E-state index is 0.572. The van der Waals surface area contributed by atoms with Gasteiger partial charge in [0.25, 0.3) is 0 Å². The molecule has 0 aliphatic carbocycles. The van der Waals surface area contributed by atoms with Gasteiger partial charge in [0.15, 0.2) is 0 Å². The smallest absolute Gasteiger partial charge is 0.127 e. The van der Waals surface area contributed by atoms with Crippen LogP contribution in [0.15, 0.2) is 18.2 Å². The van der Waals surface area contributed by atoms with Crippen molar-refractivity contribution in [3.63, 3.8) is 0 Å². The maximum Gasteiger partial charge on any atom is 0.127 e. The largest absolute Gasteiger partial charge is 0.493 e. The number of nitrogens with one attached hydrogen (secondary N) is 1. The Morgan fingerprint density at radius 2 is 2.00 bits per heavy atom. The summed E-state index contributed by atoms with van der Waals surface area (Å²) in [6.45, 7) is 8.80. The Labute approximate surface area is 117 Å². The van der Waals surface area contributed by atoms with Crippen LogP contribution >= 0.6 is 0 Å². The molecule has 0 aliphatic heterocycles. The molecule has 1 aromatic carbocycles. The molecule has 108 valence electrons. The minimum Gasteiger partial charge on any atom is -0.493 e. The van der Waals surface area contributed by atoms with E-state index >= 15 is 0 Å². The third-order valence-corrected chi connectivity index (χ3v) is 3.10. The molecule has 0 spiro atoms. The molecule has 19 heavy (non-hydrogen) atoms. The third kappa shape index (κ3) is 5.52. The summed E-state index contributed by atoms with van der Waals surface area (Å²) in [5, 5.41) is 3.17. The van der Waals surface area contributed by atoms with Crippen molar-refractivity contribution in [2.24, 2.45) is 5.92 Å². The van der Waals surface area contributed by atoms with E-state index in [0.29, 0.717) is 5.92 Å². The molecule has 0 radical (unpaired) electrons. The fraction of sp³-hybridized carbons (Fsp3) is 0.625. The zero-order chi connectivity index (χ0) is 14.1. The van der Waals surface area contributed by atoms with Gasteiger partial charge in [0, 0.05) is 18.2 Å². The third-order valence-electron chi connectivity index (χ3n) is 3.10. The lowest BCUT2D eigenvalue weighted by Crippen LogP contribution is -2.11. The second-order valence-electron chi connectivity index (χ2n) is 4.97. The van der Waals surface area contributed by atoms with E-state index in [2.05, 4.69) is 32.2 Å². The average Bonchev–Trinajstić information content (AvgIpc) is 2.44. The molecule has 0 saturated heterocycles. The molecular formula is C16H27NO2. The van der Waals surface area contributed by atoms with Crippen LogP contribution in [-0.4, -0.2) is 20.3 Å². The summed E-state index contributed by atoms with van der Waals surface area (Å²) in [5.41, 5.74) is 1.18. The summed E-state index contributed by atoms with van der Waals surface area (Å²) in [6, 6.07) is 6.09. The number of hydrogen-bond donors (Lipinski definition) is 1. The highest BCUT2D eigenvalue weighted by Gasteiger charge is 2.07. The molecule has 0 aromatic heterocycles. The Balaban J connectivity index is 2.75. The second kappa shape index (κ2) is 8.81. The van der Waals surface area contributed by atoms with Crippen LogP contribution in [0, 0.1) is 5.92 Å². The summed E-state index contributed by atoms with van der Waals surface area (Å²) in [6.07, 6.45) is 2.15. The summed E-state index contributed by atoms with van der Waals surface area (Å²) < 4.78 is 11.6. The van der Waals surface area contributed by atoms with Crippen LogP contribution in [0.25, 0.3) is 0 Å². The molecule has 1 rings (SSSR count). The van der Waals surface area contributed by atoms with Crippen LogP contribution in [0.4, 0.5) is 0 Å². The lowest BCUT2D eigenvalue weighted by Gasteiger charge is -2.16. The monoisotopic (exact) mass is 265 g/mol. The lowest BCUT2D eigenvalue weighted by molar-refractivity contribution is 0.251. The Kier molecular flexibility index (Phi) is 7.34. The summed E-state index contributed by atoms with van der Waals surface area (Å²) in [4.78, 5) is 0. The standard InChI is InChI=1S/C16H27NO2/c1-5-9-18-15-8-7-14(11-17-4)16(10-15)19-12-13(3)6-2/h7-8,10,13,17H,5-6,9,11-12H2,1-4H3. The molecule has 0 saturated carbocycles. The van der Waals surface area contributed by atoms with Gasteiger partial charge in [-0.25, -0.2) is 0 Å². The van der Waals surface area contributed by atoms with Gasteiger partial charge < -0.3 is 14.8 Å². The SMILES string of the molecule is CCCOc1ccc(CNC)c(OCC(C)CC)c1. The Bertz CT molecular complexity index is 366. The molecule has 0 aliphatic rings. The first-order chi connectivity index (χ1) is 9.21. The van der Waals surface area contributed by atoms with Crippen molar-refractivity contribution in [2.45, 2.75) is 40.2 Å². The quantitative estimate of drug-likeness (QED) is 0.739. The van der Waals surface area contributed by atoms with E-state index in [0.717, 1.165) is 44.1 Å². The fourth-order valence-electron chi connectivity index (χ4n) is 1.67. The number of hydrogen-bond acceptors (Lipinski definition) is 3. The fourth-order valence-corrected chi connectivity index (χ4v) is 1.67. The van der Waals surface area contributed by atoms with Gasteiger partial charge in [0.05, 0.1) is 13.2 Å². The van der Waals surface area contributed by atoms with Crippen LogP contribution in [0.3, 0.4) is 0 Å². The first-order valence-corrected chi connectivity index (χ1v) is 7.24. The number of rotatable bonds is 9. The molecular weight excluding hydrogens is 238 g/mol. The molecule has 0 fully saturated rings. The molecule has 1 N–H and O–H groups in total. The van der Waals surface area contributed by atoms with Gasteiger partial charge in [0.2, 0.25) is 0 Å². The van der Waals surface area contributed by atoms with E-state index in [1.54, 1.807) is 0 Å². The summed E-state index contributed by atoms with van der Waals surface area (Å²) >= 11 is 0. The Morgan fingerprint density at radius 3 is 2.63 bits per heavy atom. The van der Waals surface area contributed by atoms with Crippen LogP contribution in [0.2, 0.25) is 0 Å². The zero-order valence-electron chi connectivity index (χ0n) is 12.7. The minimum absolute atomic E-state index is 0.572. The van der Waals surface area contributed by atoms with E-state index in [-0.39, 0.29) is 0 Å². The van der Waals surface area contributed by atoms with Gasteiger partial charge in [-0.15, -0.1) is 0 Å². The van der Waals surface area contributed by atoms with Crippen LogP contribution in [0.1, 0.15) is 39.2 Å². The van der Waals surface area contributed by atoms with Gasteiger partial charge in [-0.05, 0) is 25.5 Å². The Morgan fingerprint density at radius 1 is 1.21 bits per heavy atom. The first kappa shape index (κ1) is 15.8. The molecule has 1 unspecified atom stereocenters. The summed E-state index contributed by atoms with van der Waals surface area (Å²) in [7, 11) is 1.94. The second-order valence-corrected chi connectivity index (χ2v) is 4.97. The molecule has 0 amide bonds. The van der Waals surface area contributed by atoms with Crippen LogP contribution in [0.5, 0.6) is 11.5 Å². The van der Waals surface area contributed by atoms with Crippen molar-refractivity contribution in [2.75, 3.05) is 20.3 Å². The molecule has 1 aromatic rings. The van der Waals surface area contributed by atoms with Gasteiger partial charge in [-0.3, -0.25) is 0 Å². The van der Waals surface area contributed by atoms with Crippen molar-refractivity contribution in [1.82, 2.24) is 5.32 Å². The van der Waals surface area contributed by atoms with Crippen molar-refractivity contribution < 1.29 is 9.47 Å². The highest BCUT2D eigenvalue weighted by atomic mass is 16.5. The van der Waals surface area contributed by atoms with Gasteiger partial charge in [-0.1, -0.05) is 33.3 Å². The normalized spacial score (nSPS) is 12.2. The van der Waals surface area contributed by atoms with Crippen molar-refractivity contribution in [3.8, 4) is 11.5 Å². The highest BCUT2D eigenvalue weighted by molar-refractivity contribution is 5.40. The summed E-state index contributed by atoms with van der Waals surface area (Å²) in [5.74, 6) is 2.40. The average molecular weight is 265 g/mol. The topological polar surface area (TPSA) is 30.5 Å². The van der Waals surface area contributed by atoms with Gasteiger partial charge >= 0.3 is 0 Å². The molecule has 0 bridgehead atoms. The van der Waals surface area contributed by atoms with Gasteiger partial charge in [-0.2, -0.15) is 0 Å². The maximum absolute atomic E-state index is 5.94. The van der Waals surface area contributed by atoms with Crippen LogP contribution < -0.4 is 14.8 Å². The molecule has 3 heteroatoms. The predicted molar refractivity (Wildman–Crippen MR) is 79.9 cm³/mol. The lowest BCUT2D eigenvalue weighted by atomic mass is 10.1. The van der Waals surface area contributed by atoms with E-state index in [4.69, 9.17) is 9.47 Å². The predicted octanol–water partition coefficient (Wildman–Crippen LogP) is 3.62. The van der Waals surface area contributed by atoms with Crippen LogP contribution in [-0.2, 0) is 6.54 Å². The van der Waals surface area contributed by atoms with Crippen molar-refractivity contribution in [1.29, 1.82) is 0 Å². The van der Waals surface area contributed by atoms with Crippen molar-refractivity contribution >= 4 is 0 Å². The van der Waals surface area contributed by atoms with E-state index in [9.17, 15) is 0 Å². The van der Waals surface area contributed by atoms with E-state index in [1.807, 2.05) is 19.2 Å². The zero-order valence-corrected chi connectivity index (χ0v) is 12.7.